The molecule has 0 radical (unpaired) electrons. The first-order chi connectivity index (χ1) is 10.1. The van der Waals surface area contributed by atoms with Gasteiger partial charge in [0, 0.05) is 26.2 Å². The van der Waals surface area contributed by atoms with Crippen LogP contribution in [0.4, 0.5) is 5.82 Å². The average Bonchev–Trinajstić information content (AvgIpc) is 2.98. The lowest BCUT2D eigenvalue weighted by Crippen LogP contribution is -2.32. The number of aromatic nitrogens is 2. The average molecular weight is 293 g/mol. The van der Waals surface area contributed by atoms with E-state index >= 15 is 0 Å². The second kappa shape index (κ2) is 7.90. The fourth-order valence-electron chi connectivity index (χ4n) is 2.05. The summed E-state index contributed by atoms with van der Waals surface area (Å²) in [4.78, 5) is 13.8. The summed E-state index contributed by atoms with van der Waals surface area (Å²) in [7, 11) is 3.92. The highest BCUT2D eigenvalue weighted by Crippen LogP contribution is 2.12. The highest BCUT2D eigenvalue weighted by molar-refractivity contribution is 5.92. The van der Waals surface area contributed by atoms with Gasteiger partial charge >= 0.3 is 0 Å². The van der Waals surface area contributed by atoms with Gasteiger partial charge in [-0.3, -0.25) is 4.79 Å². The number of carbonyl (C=O) groups is 1. The second-order valence-corrected chi connectivity index (χ2v) is 5.38. The van der Waals surface area contributed by atoms with Crippen molar-refractivity contribution in [2.24, 2.45) is 0 Å². The zero-order valence-electron chi connectivity index (χ0n) is 12.6. The van der Waals surface area contributed by atoms with E-state index in [0.717, 1.165) is 32.5 Å². The SMILES string of the molecule is CN(C)CCNC(=O)c1ccc(NCC2CCCO2)nn1. The zero-order chi connectivity index (χ0) is 15.1. The molecular weight excluding hydrogens is 270 g/mol. The van der Waals surface area contributed by atoms with Crippen molar-refractivity contribution in [1.29, 1.82) is 0 Å². The molecule has 2 rings (SSSR count). The van der Waals surface area contributed by atoms with Crippen molar-refractivity contribution in [1.82, 2.24) is 20.4 Å². The van der Waals surface area contributed by atoms with E-state index in [1.807, 2.05) is 19.0 Å². The Morgan fingerprint density at radius 3 is 2.90 bits per heavy atom. The smallest absolute Gasteiger partial charge is 0.271 e. The largest absolute Gasteiger partial charge is 0.376 e. The topological polar surface area (TPSA) is 79.4 Å². The fraction of sp³-hybridized carbons (Fsp3) is 0.643. The van der Waals surface area contributed by atoms with E-state index in [9.17, 15) is 4.79 Å². The van der Waals surface area contributed by atoms with Crippen LogP contribution in [0.3, 0.4) is 0 Å². The minimum atomic E-state index is -0.199. The van der Waals surface area contributed by atoms with Crippen LogP contribution in [0.1, 0.15) is 23.3 Å². The zero-order valence-corrected chi connectivity index (χ0v) is 12.6. The molecule has 116 valence electrons. The molecule has 0 saturated carbocycles. The molecule has 1 saturated heterocycles. The molecule has 1 aromatic heterocycles. The molecule has 1 aromatic rings. The molecular formula is C14H23N5O2. The van der Waals surface area contributed by atoms with Crippen molar-refractivity contribution >= 4 is 11.7 Å². The number of likely N-dealkylation sites (N-methyl/N-ethyl adjacent to an activating group) is 1. The quantitative estimate of drug-likeness (QED) is 0.755. The van der Waals surface area contributed by atoms with Crippen molar-refractivity contribution in [2.45, 2.75) is 18.9 Å². The Kier molecular flexibility index (Phi) is 5.89. The van der Waals surface area contributed by atoms with Crippen molar-refractivity contribution in [3.05, 3.63) is 17.8 Å². The Morgan fingerprint density at radius 1 is 1.43 bits per heavy atom. The van der Waals surface area contributed by atoms with Gasteiger partial charge < -0.3 is 20.3 Å². The third-order valence-corrected chi connectivity index (χ3v) is 3.28. The van der Waals surface area contributed by atoms with Gasteiger partial charge in [0.25, 0.3) is 5.91 Å². The summed E-state index contributed by atoms with van der Waals surface area (Å²) >= 11 is 0. The van der Waals surface area contributed by atoms with Gasteiger partial charge in [0.15, 0.2) is 5.69 Å². The van der Waals surface area contributed by atoms with Gasteiger partial charge in [0.1, 0.15) is 5.82 Å². The van der Waals surface area contributed by atoms with Crippen molar-refractivity contribution in [3.8, 4) is 0 Å². The van der Waals surface area contributed by atoms with E-state index in [1.54, 1.807) is 12.1 Å². The molecule has 7 nitrogen and oxygen atoms in total. The van der Waals surface area contributed by atoms with E-state index in [2.05, 4.69) is 20.8 Å². The number of nitrogens with zero attached hydrogens (tertiary/aromatic N) is 3. The summed E-state index contributed by atoms with van der Waals surface area (Å²) in [6, 6.07) is 3.44. The van der Waals surface area contributed by atoms with Crippen LogP contribution >= 0.6 is 0 Å². The minimum Gasteiger partial charge on any atom is -0.376 e. The van der Waals surface area contributed by atoms with Crippen molar-refractivity contribution < 1.29 is 9.53 Å². The summed E-state index contributed by atoms with van der Waals surface area (Å²) < 4.78 is 5.52. The lowest BCUT2D eigenvalue weighted by Gasteiger charge is -2.11. The summed E-state index contributed by atoms with van der Waals surface area (Å²) in [5.74, 6) is 0.463. The predicted molar refractivity (Wildman–Crippen MR) is 80.4 cm³/mol. The van der Waals surface area contributed by atoms with E-state index < -0.39 is 0 Å². The molecule has 1 fully saturated rings. The molecule has 1 amide bonds. The molecule has 1 unspecified atom stereocenters. The van der Waals surface area contributed by atoms with Crippen LogP contribution in [0.5, 0.6) is 0 Å². The molecule has 2 N–H and O–H groups in total. The summed E-state index contributed by atoms with van der Waals surface area (Å²) in [5, 5.41) is 13.9. The number of amides is 1. The molecule has 1 aliphatic heterocycles. The number of hydrogen-bond donors (Lipinski definition) is 2. The van der Waals surface area contributed by atoms with E-state index in [1.165, 1.54) is 0 Å². The van der Waals surface area contributed by atoms with Gasteiger partial charge in [-0.2, -0.15) is 0 Å². The number of nitrogens with one attached hydrogen (secondary N) is 2. The van der Waals surface area contributed by atoms with Gasteiger partial charge in [0.05, 0.1) is 6.10 Å². The Bertz CT molecular complexity index is 443. The fourth-order valence-corrected chi connectivity index (χ4v) is 2.05. The van der Waals surface area contributed by atoms with Crippen LogP contribution in [0.25, 0.3) is 0 Å². The van der Waals surface area contributed by atoms with Crippen LogP contribution in [0.2, 0.25) is 0 Å². The third kappa shape index (κ3) is 5.28. The second-order valence-electron chi connectivity index (χ2n) is 5.38. The first-order valence-electron chi connectivity index (χ1n) is 7.27. The number of anilines is 1. The molecule has 7 heteroatoms. The Balaban J connectivity index is 1.76. The summed E-state index contributed by atoms with van der Waals surface area (Å²) in [6.45, 7) is 2.94. The van der Waals surface area contributed by atoms with Gasteiger partial charge in [0.2, 0.25) is 0 Å². The maximum atomic E-state index is 11.8. The van der Waals surface area contributed by atoms with Crippen LogP contribution < -0.4 is 10.6 Å². The lowest BCUT2D eigenvalue weighted by molar-refractivity contribution is 0.0945. The molecule has 0 aromatic carbocycles. The predicted octanol–water partition coefficient (Wildman–Crippen LogP) is 0.359. The normalized spacial score (nSPS) is 18.0. The van der Waals surface area contributed by atoms with Crippen LogP contribution in [0, 0.1) is 0 Å². The molecule has 1 aliphatic rings. The summed E-state index contributed by atoms with van der Waals surface area (Å²) in [6.07, 6.45) is 2.44. The van der Waals surface area contributed by atoms with Crippen LogP contribution in [0.15, 0.2) is 12.1 Å². The number of rotatable bonds is 7. The maximum absolute atomic E-state index is 11.8. The van der Waals surface area contributed by atoms with Gasteiger partial charge in [-0.05, 0) is 39.1 Å². The summed E-state index contributed by atoms with van der Waals surface area (Å²) in [5.41, 5.74) is 0.330. The Labute approximate surface area is 125 Å². The molecule has 21 heavy (non-hydrogen) atoms. The first-order valence-corrected chi connectivity index (χ1v) is 7.27. The van der Waals surface area contributed by atoms with E-state index in [0.29, 0.717) is 18.1 Å². The van der Waals surface area contributed by atoms with Crippen LogP contribution in [-0.4, -0.2) is 67.4 Å². The maximum Gasteiger partial charge on any atom is 0.271 e. The molecule has 0 aliphatic carbocycles. The highest BCUT2D eigenvalue weighted by atomic mass is 16.5. The van der Waals surface area contributed by atoms with E-state index in [-0.39, 0.29) is 12.0 Å². The van der Waals surface area contributed by atoms with Crippen molar-refractivity contribution in [3.63, 3.8) is 0 Å². The van der Waals surface area contributed by atoms with Crippen molar-refractivity contribution in [2.75, 3.05) is 45.7 Å². The number of carbonyl (C=O) groups excluding carboxylic acids is 1. The first kappa shape index (κ1) is 15.7. The standard InChI is InChI=1S/C14H23N5O2/c1-19(2)8-7-15-14(20)12-5-6-13(18-17-12)16-10-11-4-3-9-21-11/h5-6,11H,3-4,7-10H2,1-2H3,(H,15,20)(H,16,18). The number of hydrogen-bond acceptors (Lipinski definition) is 6. The van der Waals surface area contributed by atoms with Crippen LogP contribution in [-0.2, 0) is 4.74 Å². The lowest BCUT2D eigenvalue weighted by atomic mass is 10.2. The molecule has 1 atom stereocenters. The van der Waals surface area contributed by atoms with Gasteiger partial charge in [-0.25, -0.2) is 0 Å². The highest BCUT2D eigenvalue weighted by Gasteiger charge is 2.15. The molecule has 0 spiro atoms. The van der Waals surface area contributed by atoms with E-state index in [4.69, 9.17) is 4.74 Å². The Hall–Kier alpha value is -1.73. The monoisotopic (exact) mass is 293 g/mol. The Morgan fingerprint density at radius 2 is 2.29 bits per heavy atom. The molecule has 0 bridgehead atoms. The number of ether oxygens (including phenoxy) is 1. The third-order valence-electron chi connectivity index (χ3n) is 3.28. The van der Waals surface area contributed by atoms with Gasteiger partial charge in [-0.1, -0.05) is 0 Å². The molecule has 2 heterocycles. The van der Waals surface area contributed by atoms with Gasteiger partial charge in [-0.15, -0.1) is 10.2 Å². The minimum absolute atomic E-state index is 0.199.